The highest BCUT2D eigenvalue weighted by Crippen LogP contribution is 2.28. The highest BCUT2D eigenvalue weighted by Gasteiger charge is 2.29. The summed E-state index contributed by atoms with van der Waals surface area (Å²) in [6.07, 6.45) is 1.48. The lowest BCUT2D eigenvalue weighted by Gasteiger charge is -2.31. The molecule has 2 amide bonds. The molecule has 1 fully saturated rings. The molecule has 1 saturated heterocycles. The predicted molar refractivity (Wildman–Crippen MR) is 71.6 cm³/mol. The summed E-state index contributed by atoms with van der Waals surface area (Å²) < 4.78 is 26.5. The summed E-state index contributed by atoms with van der Waals surface area (Å²) in [5.41, 5.74) is 6.07. The van der Waals surface area contributed by atoms with E-state index in [2.05, 4.69) is 12.1 Å². The number of urea groups is 1. The number of primary amides is 1. The van der Waals surface area contributed by atoms with Crippen LogP contribution in [0.4, 0.5) is 4.79 Å². The normalized spacial score (nSPS) is 18.1. The topological polar surface area (TPSA) is 92.5 Å². The number of nitrogens with two attached hydrogens (primary N) is 1. The minimum atomic E-state index is -3.78. The third-order valence-corrected chi connectivity index (χ3v) is 4.80. The van der Waals surface area contributed by atoms with E-state index < -0.39 is 16.2 Å². The lowest BCUT2D eigenvalue weighted by atomic mass is 9.90. The molecule has 0 radical (unpaired) electrons. The quantitative estimate of drug-likeness (QED) is 0.858. The molecule has 6 nitrogen and oxygen atoms in total. The van der Waals surface area contributed by atoms with Crippen molar-refractivity contribution in [2.75, 3.05) is 13.1 Å². The van der Waals surface area contributed by atoms with Crippen LogP contribution in [0.2, 0.25) is 0 Å². The summed E-state index contributed by atoms with van der Waals surface area (Å²) in [5.74, 6) is 0.362. The van der Waals surface area contributed by atoms with Crippen LogP contribution in [0.15, 0.2) is 30.3 Å². The molecule has 1 aromatic carbocycles. The molecule has 1 heterocycles. The molecular formula is C12H17N3O3S. The van der Waals surface area contributed by atoms with Crippen LogP contribution < -0.4 is 10.5 Å². The third kappa shape index (κ3) is 3.45. The van der Waals surface area contributed by atoms with Crippen molar-refractivity contribution in [2.45, 2.75) is 18.8 Å². The van der Waals surface area contributed by atoms with Gasteiger partial charge in [0.15, 0.2) is 0 Å². The zero-order valence-electron chi connectivity index (χ0n) is 10.5. The van der Waals surface area contributed by atoms with Crippen molar-refractivity contribution in [3.8, 4) is 0 Å². The standard InChI is InChI=1S/C12H17N3O3S/c13-12(16)14-19(17,18)15-8-6-11(7-9-15)10-4-2-1-3-5-10/h1-5,11H,6-9H2,(H3,13,14,16). The van der Waals surface area contributed by atoms with Crippen LogP contribution in [0.3, 0.4) is 0 Å². The summed E-state index contributed by atoms with van der Waals surface area (Å²) in [6.45, 7) is 0.782. The van der Waals surface area contributed by atoms with Crippen LogP contribution in [-0.4, -0.2) is 31.8 Å². The van der Waals surface area contributed by atoms with Crippen LogP contribution >= 0.6 is 0 Å². The van der Waals surface area contributed by atoms with Gasteiger partial charge in [-0.05, 0) is 24.3 Å². The van der Waals surface area contributed by atoms with Crippen LogP contribution in [0.1, 0.15) is 24.3 Å². The van der Waals surface area contributed by atoms with Crippen LogP contribution in [0.25, 0.3) is 0 Å². The first kappa shape index (κ1) is 13.8. The summed E-state index contributed by atoms with van der Waals surface area (Å²) in [6, 6.07) is 8.97. The minimum absolute atomic E-state index is 0.362. The Morgan fingerprint density at radius 3 is 2.32 bits per heavy atom. The molecule has 1 aliphatic heterocycles. The van der Waals surface area contributed by atoms with E-state index in [4.69, 9.17) is 5.73 Å². The molecule has 1 aromatic rings. The van der Waals surface area contributed by atoms with Crippen LogP contribution in [0.5, 0.6) is 0 Å². The molecule has 0 bridgehead atoms. The highest BCUT2D eigenvalue weighted by atomic mass is 32.2. The molecule has 0 saturated carbocycles. The maximum Gasteiger partial charge on any atom is 0.326 e. The van der Waals surface area contributed by atoms with E-state index in [1.165, 1.54) is 9.87 Å². The molecular weight excluding hydrogens is 266 g/mol. The number of amides is 2. The zero-order chi connectivity index (χ0) is 13.9. The first-order valence-electron chi connectivity index (χ1n) is 6.11. The van der Waals surface area contributed by atoms with Crippen molar-refractivity contribution < 1.29 is 13.2 Å². The van der Waals surface area contributed by atoms with Gasteiger partial charge in [-0.15, -0.1) is 0 Å². The van der Waals surface area contributed by atoms with E-state index in [-0.39, 0.29) is 0 Å². The fraction of sp³-hybridized carbons (Fsp3) is 0.417. The Morgan fingerprint density at radius 1 is 1.21 bits per heavy atom. The van der Waals surface area contributed by atoms with E-state index >= 15 is 0 Å². The average molecular weight is 283 g/mol. The minimum Gasteiger partial charge on any atom is -0.351 e. The molecule has 7 heteroatoms. The predicted octanol–water partition coefficient (Wildman–Crippen LogP) is 0.779. The van der Waals surface area contributed by atoms with E-state index in [9.17, 15) is 13.2 Å². The second kappa shape index (κ2) is 5.58. The first-order chi connectivity index (χ1) is 8.99. The van der Waals surface area contributed by atoms with Crippen molar-refractivity contribution in [1.82, 2.24) is 9.03 Å². The number of hydrogen-bond acceptors (Lipinski definition) is 3. The average Bonchev–Trinajstić information content (AvgIpc) is 2.38. The Balaban J connectivity index is 1.98. The molecule has 0 spiro atoms. The van der Waals surface area contributed by atoms with Crippen molar-refractivity contribution in [1.29, 1.82) is 0 Å². The van der Waals surface area contributed by atoms with Crippen LogP contribution in [0, 0.1) is 0 Å². The number of nitrogens with zero attached hydrogens (tertiary/aromatic N) is 1. The Hall–Kier alpha value is -1.60. The van der Waals surface area contributed by atoms with Gasteiger partial charge in [-0.3, -0.25) is 0 Å². The highest BCUT2D eigenvalue weighted by molar-refractivity contribution is 7.87. The lowest BCUT2D eigenvalue weighted by Crippen LogP contribution is -2.48. The van der Waals surface area contributed by atoms with Crippen molar-refractivity contribution in [3.05, 3.63) is 35.9 Å². The van der Waals surface area contributed by atoms with Gasteiger partial charge in [-0.1, -0.05) is 30.3 Å². The van der Waals surface area contributed by atoms with E-state index in [0.717, 1.165) is 12.8 Å². The van der Waals surface area contributed by atoms with Gasteiger partial charge < -0.3 is 5.73 Å². The SMILES string of the molecule is NC(=O)NS(=O)(=O)N1CCC(c2ccccc2)CC1. The van der Waals surface area contributed by atoms with Crippen molar-refractivity contribution in [2.24, 2.45) is 5.73 Å². The molecule has 3 N–H and O–H groups in total. The molecule has 0 unspecified atom stereocenters. The summed E-state index contributed by atoms with van der Waals surface area (Å²) in [4.78, 5) is 10.6. The fourth-order valence-electron chi connectivity index (χ4n) is 2.35. The second-order valence-corrected chi connectivity index (χ2v) is 6.23. The Labute approximate surface area is 112 Å². The number of carbonyl (C=O) groups excluding carboxylic acids is 1. The number of carbonyl (C=O) groups is 1. The molecule has 19 heavy (non-hydrogen) atoms. The molecule has 1 aliphatic rings. The van der Waals surface area contributed by atoms with Gasteiger partial charge in [0, 0.05) is 13.1 Å². The number of hydrogen-bond donors (Lipinski definition) is 2. The Kier molecular flexibility index (Phi) is 4.06. The maximum absolute atomic E-state index is 11.8. The van der Waals surface area contributed by atoms with Gasteiger partial charge in [0.1, 0.15) is 0 Å². The van der Waals surface area contributed by atoms with E-state index in [1.54, 1.807) is 4.72 Å². The molecule has 0 atom stereocenters. The number of nitrogens with one attached hydrogen (secondary N) is 1. The van der Waals surface area contributed by atoms with Crippen molar-refractivity contribution >= 4 is 16.2 Å². The maximum atomic E-state index is 11.8. The van der Waals surface area contributed by atoms with Gasteiger partial charge in [0.05, 0.1) is 0 Å². The van der Waals surface area contributed by atoms with E-state index in [0.29, 0.717) is 19.0 Å². The second-order valence-electron chi connectivity index (χ2n) is 4.56. The van der Waals surface area contributed by atoms with E-state index in [1.807, 2.05) is 18.2 Å². The monoisotopic (exact) mass is 283 g/mol. The van der Waals surface area contributed by atoms with Crippen molar-refractivity contribution in [3.63, 3.8) is 0 Å². The summed E-state index contributed by atoms with van der Waals surface area (Å²) >= 11 is 0. The largest absolute Gasteiger partial charge is 0.351 e. The summed E-state index contributed by atoms with van der Waals surface area (Å²) in [7, 11) is -3.78. The molecule has 0 aliphatic carbocycles. The molecule has 104 valence electrons. The zero-order valence-corrected chi connectivity index (χ0v) is 11.3. The lowest BCUT2D eigenvalue weighted by molar-refractivity contribution is 0.251. The fourth-order valence-corrected chi connectivity index (χ4v) is 3.42. The number of benzene rings is 1. The number of piperidine rings is 1. The third-order valence-electron chi connectivity index (χ3n) is 3.29. The van der Waals surface area contributed by atoms with Gasteiger partial charge in [0.2, 0.25) is 0 Å². The Bertz CT molecular complexity index is 537. The summed E-state index contributed by atoms with van der Waals surface area (Å²) in [5, 5.41) is 0. The van der Waals surface area contributed by atoms with Crippen LogP contribution in [-0.2, 0) is 10.2 Å². The smallest absolute Gasteiger partial charge is 0.326 e. The Morgan fingerprint density at radius 2 is 1.79 bits per heavy atom. The number of rotatable bonds is 3. The van der Waals surface area contributed by atoms with Gasteiger partial charge in [0.25, 0.3) is 0 Å². The molecule has 2 rings (SSSR count). The molecule has 0 aromatic heterocycles. The van der Waals surface area contributed by atoms with Gasteiger partial charge in [-0.25, -0.2) is 9.52 Å². The first-order valence-corrected chi connectivity index (χ1v) is 7.55. The van der Waals surface area contributed by atoms with Gasteiger partial charge >= 0.3 is 16.2 Å². The van der Waals surface area contributed by atoms with Gasteiger partial charge in [-0.2, -0.15) is 12.7 Å².